The maximum atomic E-state index is 13.8. The highest BCUT2D eigenvalue weighted by atomic mass is 19.1. The van der Waals surface area contributed by atoms with Gasteiger partial charge in [-0.3, -0.25) is 4.79 Å². The Morgan fingerprint density at radius 2 is 2.08 bits per heavy atom. The third-order valence-corrected chi connectivity index (χ3v) is 8.99. The fourth-order valence-corrected chi connectivity index (χ4v) is 7.39. The van der Waals surface area contributed by atoms with Gasteiger partial charge < -0.3 is 14.8 Å². The van der Waals surface area contributed by atoms with Crippen molar-refractivity contribution in [3.05, 3.63) is 65.5 Å². The molecule has 1 saturated heterocycles. The summed E-state index contributed by atoms with van der Waals surface area (Å²) in [7, 11) is 0. The molecule has 200 valence electrons. The van der Waals surface area contributed by atoms with Crippen LogP contribution in [0.4, 0.5) is 9.18 Å². The van der Waals surface area contributed by atoms with Crippen molar-refractivity contribution in [2.75, 3.05) is 6.61 Å². The van der Waals surface area contributed by atoms with Gasteiger partial charge in [-0.1, -0.05) is 43.4 Å². The summed E-state index contributed by atoms with van der Waals surface area (Å²) in [5.74, 6) is 1.23. The lowest BCUT2D eigenvalue weighted by Gasteiger charge is -2.47. The molecule has 0 radical (unpaired) electrons. The molecule has 1 N–H and O–H groups in total. The molecule has 0 spiro atoms. The zero-order chi connectivity index (χ0) is 26.1. The molecule has 4 aliphatic rings. The maximum Gasteiger partial charge on any atom is 0.407 e. The molecule has 3 fully saturated rings. The number of esters is 1. The summed E-state index contributed by atoms with van der Waals surface area (Å²) in [5, 5.41) is 3.02. The van der Waals surface area contributed by atoms with Crippen LogP contribution in [0.2, 0.25) is 0 Å². The predicted molar refractivity (Wildman–Crippen MR) is 143 cm³/mol. The first-order valence-corrected chi connectivity index (χ1v) is 13.8. The summed E-state index contributed by atoms with van der Waals surface area (Å²) in [5.41, 5.74) is 3.35. The van der Waals surface area contributed by atoms with Crippen LogP contribution in [0.3, 0.4) is 0 Å². The van der Waals surface area contributed by atoms with Crippen molar-refractivity contribution in [3.63, 3.8) is 0 Å². The number of allylic oxidation sites excluding steroid dienone is 6. The first-order valence-electron chi connectivity index (χ1n) is 13.8. The highest BCUT2D eigenvalue weighted by Gasteiger charge is 2.54. The molecular formula is C31H40FNO4. The van der Waals surface area contributed by atoms with Gasteiger partial charge in [0.1, 0.15) is 11.9 Å². The van der Waals surface area contributed by atoms with Gasteiger partial charge in [0.2, 0.25) is 0 Å². The highest BCUT2D eigenvalue weighted by Crippen LogP contribution is 2.53. The van der Waals surface area contributed by atoms with E-state index < -0.39 is 0 Å². The second-order valence-electron chi connectivity index (χ2n) is 11.3. The van der Waals surface area contributed by atoms with E-state index in [-0.39, 0.29) is 55.1 Å². The van der Waals surface area contributed by atoms with E-state index in [2.05, 4.69) is 36.5 Å². The van der Waals surface area contributed by atoms with Gasteiger partial charge in [-0.05, 0) is 98.5 Å². The van der Waals surface area contributed by atoms with Crippen molar-refractivity contribution < 1.29 is 24.9 Å². The second kappa shape index (κ2) is 10.8. The van der Waals surface area contributed by atoms with Gasteiger partial charge >= 0.3 is 12.1 Å². The number of cyclic esters (lactones) is 1. The fourth-order valence-electron chi connectivity index (χ4n) is 7.39. The quantitative estimate of drug-likeness (QED) is 0.448. The van der Waals surface area contributed by atoms with Gasteiger partial charge in [0.15, 0.2) is 0 Å². The van der Waals surface area contributed by atoms with Crippen molar-refractivity contribution in [1.29, 1.82) is 0 Å². The van der Waals surface area contributed by atoms with Crippen LogP contribution < -0.4 is 5.32 Å². The van der Waals surface area contributed by atoms with Gasteiger partial charge in [0, 0.05) is 13.4 Å². The fraction of sp³-hybridized carbons (Fsp3) is 0.548. The number of carbonyl (C=O) groups is 2. The Balaban J connectivity index is 0.00000336. The molecular weight excluding hydrogens is 469 g/mol. The van der Waals surface area contributed by atoms with E-state index in [0.717, 1.165) is 43.2 Å². The number of amides is 1. The summed E-state index contributed by atoms with van der Waals surface area (Å²) in [4.78, 5) is 24.7. The Morgan fingerprint density at radius 1 is 1.24 bits per heavy atom. The van der Waals surface area contributed by atoms with Crippen LogP contribution in [-0.2, 0) is 14.3 Å². The maximum absolute atomic E-state index is 13.8. The van der Waals surface area contributed by atoms with Crippen molar-refractivity contribution >= 4 is 17.6 Å². The molecule has 6 heteroatoms. The molecule has 5 rings (SSSR count). The van der Waals surface area contributed by atoms with Crippen molar-refractivity contribution in [2.24, 2.45) is 35.5 Å². The summed E-state index contributed by atoms with van der Waals surface area (Å²) >= 11 is 0. The van der Waals surface area contributed by atoms with Gasteiger partial charge in [-0.25, -0.2) is 9.18 Å². The van der Waals surface area contributed by atoms with E-state index in [1.54, 1.807) is 12.1 Å². The number of carbonyl (C=O) groups excluding carboxylic acids is 2. The molecule has 1 aromatic rings. The number of halogens is 1. The van der Waals surface area contributed by atoms with Crippen LogP contribution in [0.15, 0.2) is 54.1 Å². The van der Waals surface area contributed by atoms with Gasteiger partial charge in [0.25, 0.3) is 0 Å². The minimum absolute atomic E-state index is 0. The second-order valence-corrected chi connectivity index (χ2v) is 11.3. The standard InChI is InChI=1S/C31H38FNO4.H2/c1-4-36-31(35)33-24-10-13-26-22(16-24)17-28-29(19(3)37-30(28)34)27(26)12-9-20-8-11-25(18(2)14-20)21-6-5-7-23(32)15-21;/h5-9,11-12,15,18-19,22,24,26-29H,4,10,13-14,16-17H2,1-3H3,(H,33,35);1H/b12-9+;/t18?,19-,22+,24+,26-,27-,28+,29+;/m0./s1. The number of nitrogens with one attached hydrogen (secondary N) is 1. The topological polar surface area (TPSA) is 64.6 Å². The van der Waals surface area contributed by atoms with Crippen LogP contribution in [0.1, 0.15) is 59.9 Å². The average Bonchev–Trinajstić information content (AvgIpc) is 3.14. The molecule has 1 amide bonds. The van der Waals surface area contributed by atoms with Crippen LogP contribution in [0, 0.1) is 41.3 Å². The van der Waals surface area contributed by atoms with E-state index in [1.807, 2.05) is 19.9 Å². The molecule has 37 heavy (non-hydrogen) atoms. The Bertz CT molecular complexity index is 1130. The lowest BCUT2D eigenvalue weighted by atomic mass is 9.57. The van der Waals surface area contributed by atoms with Gasteiger partial charge in [0.05, 0.1) is 12.5 Å². The summed E-state index contributed by atoms with van der Waals surface area (Å²) in [6.07, 6.45) is 13.0. The number of rotatable bonds is 5. The Labute approximate surface area is 220 Å². The highest BCUT2D eigenvalue weighted by molar-refractivity contribution is 5.75. The van der Waals surface area contributed by atoms with Gasteiger partial charge in [-0.2, -0.15) is 0 Å². The smallest absolute Gasteiger partial charge is 0.407 e. The predicted octanol–water partition coefficient (Wildman–Crippen LogP) is 6.71. The van der Waals surface area contributed by atoms with Crippen LogP contribution >= 0.6 is 0 Å². The molecule has 8 atom stereocenters. The summed E-state index contributed by atoms with van der Waals surface area (Å²) in [6.45, 7) is 6.39. The van der Waals surface area contributed by atoms with Gasteiger partial charge in [-0.15, -0.1) is 0 Å². The third-order valence-electron chi connectivity index (χ3n) is 8.99. The molecule has 0 bridgehead atoms. The molecule has 1 heterocycles. The largest absolute Gasteiger partial charge is 0.462 e. The number of benzene rings is 1. The van der Waals surface area contributed by atoms with E-state index in [9.17, 15) is 14.0 Å². The SMILES string of the molecule is CCOC(=O)N[C@@H]1CC[C@H]2[C@H](C1)C[C@H]1C(=O)O[C@@H](C)[C@@H]1[C@H]2/C=C/C1=CC=C(c2cccc(F)c2)C(C)C1.[HH]. The van der Waals surface area contributed by atoms with E-state index >= 15 is 0 Å². The van der Waals surface area contributed by atoms with E-state index in [1.165, 1.54) is 11.6 Å². The van der Waals surface area contributed by atoms with Crippen molar-refractivity contribution in [2.45, 2.75) is 65.0 Å². The molecule has 3 aliphatic carbocycles. The van der Waals surface area contributed by atoms with Crippen LogP contribution in [-0.4, -0.2) is 30.8 Å². The lowest BCUT2D eigenvalue weighted by molar-refractivity contribution is -0.144. The molecule has 5 nitrogen and oxygen atoms in total. The molecule has 2 saturated carbocycles. The first-order chi connectivity index (χ1) is 17.8. The zero-order valence-corrected chi connectivity index (χ0v) is 22.0. The number of ether oxygens (including phenoxy) is 2. The van der Waals surface area contributed by atoms with E-state index in [4.69, 9.17) is 9.47 Å². The number of hydrogen-bond acceptors (Lipinski definition) is 4. The molecule has 1 aromatic carbocycles. The average molecular weight is 510 g/mol. The van der Waals surface area contributed by atoms with Crippen molar-refractivity contribution in [1.82, 2.24) is 5.32 Å². The van der Waals surface area contributed by atoms with Crippen LogP contribution in [0.25, 0.3) is 5.57 Å². The summed E-state index contributed by atoms with van der Waals surface area (Å²) in [6, 6.07) is 6.89. The molecule has 1 aliphatic heterocycles. The third kappa shape index (κ3) is 5.39. The minimum atomic E-state index is -0.353. The lowest BCUT2D eigenvalue weighted by Crippen LogP contribution is -2.48. The number of fused-ring (bicyclic) bond motifs is 2. The molecule has 0 aromatic heterocycles. The van der Waals surface area contributed by atoms with Crippen molar-refractivity contribution in [3.8, 4) is 0 Å². The molecule has 1 unspecified atom stereocenters. The Kier molecular flexibility index (Phi) is 7.55. The first kappa shape index (κ1) is 25.7. The number of hydrogen-bond donors (Lipinski definition) is 1. The minimum Gasteiger partial charge on any atom is -0.462 e. The van der Waals surface area contributed by atoms with E-state index in [0.29, 0.717) is 18.4 Å². The monoisotopic (exact) mass is 509 g/mol. The number of alkyl carbamates (subject to hydrolysis) is 1. The Morgan fingerprint density at radius 3 is 2.84 bits per heavy atom. The normalized spacial score (nSPS) is 35.2. The zero-order valence-electron chi connectivity index (χ0n) is 22.0. The summed E-state index contributed by atoms with van der Waals surface area (Å²) < 4.78 is 24.6. The Hall–Kier alpha value is -2.89. The van der Waals surface area contributed by atoms with Crippen LogP contribution in [0.5, 0.6) is 0 Å².